The van der Waals surface area contributed by atoms with E-state index in [4.69, 9.17) is 32.9 Å². The molecule has 0 radical (unpaired) electrons. The molecule has 9 heteroatoms. The second-order valence-electron chi connectivity index (χ2n) is 12.3. The lowest BCUT2D eigenvalue weighted by Crippen LogP contribution is -2.32. The number of Topliss-reactive ketones (excluding diaryl/α,β-unsaturated/α-hetero) is 1. The minimum absolute atomic E-state index is 0.117. The molecule has 2 amide bonds. The monoisotopic (exact) mass is 652 g/mol. The molecule has 4 aromatic rings. The molecule has 0 N–H and O–H groups in total. The number of hydrogen-bond donors (Lipinski definition) is 0. The van der Waals surface area contributed by atoms with E-state index in [2.05, 4.69) is 6.08 Å². The lowest BCUT2D eigenvalue weighted by molar-refractivity contribution is -0.123. The summed E-state index contributed by atoms with van der Waals surface area (Å²) in [5, 5.41) is 1.08. The molecule has 7 nitrogen and oxygen atoms in total. The summed E-state index contributed by atoms with van der Waals surface area (Å²) >= 11 is 12.0. The van der Waals surface area contributed by atoms with Gasteiger partial charge >= 0.3 is 5.97 Å². The minimum Gasteiger partial charge on any atom is -0.450 e. The van der Waals surface area contributed by atoms with Gasteiger partial charge in [0.25, 0.3) is 0 Å². The van der Waals surface area contributed by atoms with Gasteiger partial charge in [0, 0.05) is 33.8 Å². The van der Waals surface area contributed by atoms with Gasteiger partial charge in [-0.25, -0.2) is 9.78 Å². The summed E-state index contributed by atoms with van der Waals surface area (Å²) in [6, 6.07) is 20.7. The average molecular weight is 654 g/mol. The molecule has 3 aliphatic rings. The van der Waals surface area contributed by atoms with E-state index in [1.54, 1.807) is 60.7 Å². The van der Waals surface area contributed by atoms with Gasteiger partial charge in [-0.1, -0.05) is 53.6 Å². The number of benzene rings is 3. The third-order valence-electron chi connectivity index (χ3n) is 9.60. The molecule has 232 valence electrons. The fourth-order valence-electron chi connectivity index (χ4n) is 7.35. The lowest BCUT2D eigenvalue weighted by atomic mass is 9.82. The Morgan fingerprint density at radius 2 is 1.70 bits per heavy atom. The molecule has 1 aromatic heterocycles. The summed E-state index contributed by atoms with van der Waals surface area (Å²) in [6.07, 6.45) is 2.08. The van der Waals surface area contributed by atoms with Crippen LogP contribution in [0.5, 0.6) is 0 Å². The van der Waals surface area contributed by atoms with Crippen LogP contribution in [0.1, 0.15) is 46.0 Å². The highest BCUT2D eigenvalue weighted by atomic mass is 35.5. The van der Waals surface area contributed by atoms with E-state index in [9.17, 15) is 19.2 Å². The van der Waals surface area contributed by atoms with Crippen molar-refractivity contribution in [2.45, 2.75) is 32.8 Å². The highest BCUT2D eigenvalue weighted by Crippen LogP contribution is 2.56. The third-order valence-corrected chi connectivity index (χ3v) is 10.1. The van der Waals surface area contributed by atoms with Gasteiger partial charge in [-0.3, -0.25) is 19.3 Å². The Hall–Kier alpha value is -4.33. The van der Waals surface area contributed by atoms with Gasteiger partial charge in [-0.15, -0.1) is 11.6 Å². The lowest BCUT2D eigenvalue weighted by Gasteiger charge is -2.19. The molecule has 2 bridgehead atoms. The molecule has 5 unspecified atom stereocenters. The maximum absolute atomic E-state index is 13.8. The largest absolute Gasteiger partial charge is 0.450 e. The van der Waals surface area contributed by atoms with Gasteiger partial charge < -0.3 is 4.74 Å². The fourth-order valence-corrected chi connectivity index (χ4v) is 7.68. The number of aromatic nitrogens is 1. The van der Waals surface area contributed by atoms with Gasteiger partial charge in [0.1, 0.15) is 0 Å². The normalized spacial score (nSPS) is 22.3. The molecule has 2 aliphatic carbocycles. The van der Waals surface area contributed by atoms with Crippen molar-refractivity contribution in [3.8, 4) is 11.3 Å². The van der Waals surface area contributed by atoms with Gasteiger partial charge in [-0.2, -0.15) is 0 Å². The number of esters is 1. The predicted molar refractivity (Wildman–Crippen MR) is 177 cm³/mol. The van der Waals surface area contributed by atoms with Crippen LogP contribution >= 0.6 is 23.2 Å². The van der Waals surface area contributed by atoms with Crippen LogP contribution in [-0.4, -0.2) is 40.5 Å². The van der Waals surface area contributed by atoms with Crippen molar-refractivity contribution < 1.29 is 23.9 Å². The molecule has 3 aromatic carbocycles. The maximum atomic E-state index is 13.8. The zero-order valence-corrected chi connectivity index (χ0v) is 26.7. The van der Waals surface area contributed by atoms with Crippen LogP contribution in [0, 0.1) is 30.6 Å². The standard InChI is InChI=1S/C37H30Cl2N2O5/c1-19-4-3-5-26-28(37(45)46-30(14-15-38)34(42)22-6-10-24(39)11-7-22)18-29(40-33(19)26)21-8-12-25(13-9-21)41-35(43)31-23-16-20(2)27(17-23)32(31)36(41)44/h3-13,16,18,23,27,30-32H,14-15,17H2,1-2H3. The number of para-hydroxylation sites is 1. The molecule has 2 heterocycles. The van der Waals surface area contributed by atoms with Gasteiger partial charge in [-0.05, 0) is 80.1 Å². The molecular formula is C37H30Cl2N2O5. The number of nitrogens with zero attached hydrogens (tertiary/aromatic N) is 2. The Morgan fingerprint density at radius 3 is 2.41 bits per heavy atom. The van der Waals surface area contributed by atoms with Crippen LogP contribution in [0.15, 0.2) is 84.4 Å². The van der Waals surface area contributed by atoms with Crippen LogP contribution in [0.2, 0.25) is 5.02 Å². The van der Waals surface area contributed by atoms with E-state index < -0.39 is 12.1 Å². The van der Waals surface area contributed by atoms with Crippen molar-refractivity contribution in [3.05, 3.63) is 106 Å². The molecular weight excluding hydrogens is 623 g/mol. The average Bonchev–Trinajstić information content (AvgIpc) is 3.70. The van der Waals surface area contributed by atoms with Gasteiger partial charge in [0.15, 0.2) is 6.10 Å². The number of fused-ring (bicyclic) bond motifs is 6. The van der Waals surface area contributed by atoms with Crippen LogP contribution in [0.25, 0.3) is 22.2 Å². The van der Waals surface area contributed by atoms with Crippen LogP contribution in [0.4, 0.5) is 5.69 Å². The van der Waals surface area contributed by atoms with Gasteiger partial charge in [0.05, 0.1) is 34.3 Å². The number of imide groups is 1. The van der Waals surface area contributed by atoms with E-state index in [1.165, 1.54) is 10.5 Å². The Bertz CT molecular complexity index is 1950. The first-order chi connectivity index (χ1) is 22.2. The molecule has 46 heavy (non-hydrogen) atoms. The number of pyridine rings is 1. The summed E-state index contributed by atoms with van der Waals surface area (Å²) in [5.41, 5.74) is 5.02. The summed E-state index contributed by atoms with van der Waals surface area (Å²) < 4.78 is 5.82. The first kappa shape index (κ1) is 30.3. The van der Waals surface area contributed by atoms with Crippen molar-refractivity contribution >= 4 is 63.4 Å². The van der Waals surface area contributed by atoms with Crippen molar-refractivity contribution in [1.82, 2.24) is 4.98 Å². The zero-order chi connectivity index (χ0) is 32.3. The fraction of sp³-hybridized carbons (Fsp3) is 0.270. The number of anilines is 1. The molecule has 1 saturated heterocycles. The number of carbonyl (C=O) groups is 4. The first-order valence-corrected chi connectivity index (χ1v) is 16.2. The van der Waals surface area contributed by atoms with E-state index in [0.29, 0.717) is 38.4 Å². The van der Waals surface area contributed by atoms with Gasteiger partial charge in [0.2, 0.25) is 17.6 Å². The molecule has 0 spiro atoms. The van der Waals surface area contributed by atoms with Crippen molar-refractivity contribution in [3.63, 3.8) is 0 Å². The summed E-state index contributed by atoms with van der Waals surface area (Å²) in [7, 11) is 0. The second-order valence-corrected chi connectivity index (χ2v) is 13.1. The quantitative estimate of drug-likeness (QED) is 0.0640. The SMILES string of the molecule is CC1=CC2CC1C1C(=O)N(c3ccc(-c4cc(C(=O)OC(CCCl)C(=O)c5ccc(Cl)cc5)c5cccc(C)c5n4)cc3)C(=O)C21. The number of alkyl halides is 1. The molecule has 7 rings (SSSR count). The Labute approximate surface area is 276 Å². The van der Waals surface area contributed by atoms with Crippen molar-refractivity contribution in [2.24, 2.45) is 23.7 Å². The summed E-state index contributed by atoms with van der Waals surface area (Å²) in [4.78, 5) is 60.1. The highest BCUT2D eigenvalue weighted by molar-refractivity contribution is 6.30. The number of amides is 2. The first-order valence-electron chi connectivity index (χ1n) is 15.3. The summed E-state index contributed by atoms with van der Waals surface area (Å²) in [6.45, 7) is 3.96. The van der Waals surface area contributed by atoms with E-state index >= 15 is 0 Å². The van der Waals surface area contributed by atoms with Crippen LogP contribution in [-0.2, 0) is 14.3 Å². The number of ether oxygens (including phenoxy) is 1. The number of allylic oxidation sites excluding steroid dienone is 2. The number of ketones is 1. The third kappa shape index (κ3) is 5.02. The zero-order valence-electron chi connectivity index (χ0n) is 25.2. The van der Waals surface area contributed by atoms with E-state index in [1.807, 2.05) is 26.0 Å². The number of carbonyl (C=O) groups excluding carboxylic acids is 4. The number of halogens is 2. The number of rotatable bonds is 8. The Balaban J connectivity index is 1.19. The Morgan fingerprint density at radius 1 is 0.978 bits per heavy atom. The molecule has 1 saturated carbocycles. The minimum atomic E-state index is -1.09. The molecule has 2 fully saturated rings. The second kappa shape index (κ2) is 11.8. The number of aryl methyl sites for hydroxylation is 1. The van der Waals surface area contributed by atoms with Crippen molar-refractivity contribution in [2.75, 3.05) is 10.8 Å². The molecule has 1 aliphatic heterocycles. The molecule has 5 atom stereocenters. The number of hydrogen-bond acceptors (Lipinski definition) is 6. The van der Waals surface area contributed by atoms with Crippen LogP contribution < -0.4 is 4.90 Å². The maximum Gasteiger partial charge on any atom is 0.339 e. The van der Waals surface area contributed by atoms with Crippen molar-refractivity contribution in [1.29, 1.82) is 0 Å². The van der Waals surface area contributed by atoms with E-state index in [0.717, 1.165) is 12.0 Å². The smallest absolute Gasteiger partial charge is 0.339 e. The topological polar surface area (TPSA) is 93.6 Å². The summed E-state index contributed by atoms with van der Waals surface area (Å²) in [5.74, 6) is -1.49. The predicted octanol–water partition coefficient (Wildman–Crippen LogP) is 7.60. The highest BCUT2D eigenvalue weighted by Gasteiger charge is 2.60. The van der Waals surface area contributed by atoms with E-state index in [-0.39, 0.29) is 59.1 Å². The Kier molecular flexibility index (Phi) is 7.78. The van der Waals surface area contributed by atoms with Crippen LogP contribution in [0.3, 0.4) is 0 Å².